The maximum absolute atomic E-state index is 14.8. The van der Waals surface area contributed by atoms with Gasteiger partial charge < -0.3 is 14.5 Å². The molecule has 1 aliphatic heterocycles. The van der Waals surface area contributed by atoms with E-state index in [0.29, 0.717) is 39.3 Å². The summed E-state index contributed by atoms with van der Waals surface area (Å²) >= 11 is 0. The second kappa shape index (κ2) is 12.0. The predicted molar refractivity (Wildman–Crippen MR) is 116 cm³/mol. The fourth-order valence-electron chi connectivity index (χ4n) is 3.37. The summed E-state index contributed by atoms with van der Waals surface area (Å²) in [5.74, 6) is -3.38. The molecule has 1 heterocycles. The van der Waals surface area contributed by atoms with E-state index in [1.807, 2.05) is 30.3 Å². The van der Waals surface area contributed by atoms with Gasteiger partial charge in [-0.2, -0.15) is 8.78 Å². The molecule has 1 fully saturated rings. The van der Waals surface area contributed by atoms with Gasteiger partial charge in [-0.15, -0.1) is 0 Å². The SMILES string of the molecule is O=C(NNC(=O)C(F)F)c1ccc(CN(CCc2ccccc2)C(=O)N2CCOCC2)c(F)c1. The van der Waals surface area contributed by atoms with Crippen LogP contribution >= 0.6 is 0 Å². The summed E-state index contributed by atoms with van der Waals surface area (Å²) in [6.07, 6.45) is -2.73. The maximum Gasteiger partial charge on any atom is 0.320 e. The van der Waals surface area contributed by atoms with Crippen molar-refractivity contribution in [1.82, 2.24) is 20.7 Å². The van der Waals surface area contributed by atoms with Gasteiger partial charge in [-0.05, 0) is 24.1 Å². The molecule has 34 heavy (non-hydrogen) atoms. The number of benzene rings is 2. The predicted octanol–water partition coefficient (Wildman–Crippen LogP) is 2.35. The minimum Gasteiger partial charge on any atom is -0.378 e. The Morgan fingerprint density at radius 3 is 2.38 bits per heavy atom. The number of carbonyl (C=O) groups excluding carboxylic acids is 3. The molecule has 2 aromatic rings. The smallest absolute Gasteiger partial charge is 0.320 e. The van der Waals surface area contributed by atoms with Gasteiger partial charge in [-0.1, -0.05) is 36.4 Å². The third-order valence-electron chi connectivity index (χ3n) is 5.24. The third-order valence-corrected chi connectivity index (χ3v) is 5.24. The van der Waals surface area contributed by atoms with E-state index in [0.717, 1.165) is 11.6 Å². The van der Waals surface area contributed by atoms with Crippen LogP contribution in [-0.2, 0) is 22.5 Å². The van der Waals surface area contributed by atoms with E-state index in [2.05, 4.69) is 0 Å². The molecule has 11 heteroatoms. The van der Waals surface area contributed by atoms with Gasteiger partial charge >= 0.3 is 18.4 Å². The number of ether oxygens (including phenoxy) is 1. The lowest BCUT2D eigenvalue weighted by Gasteiger charge is -2.33. The number of carbonyl (C=O) groups is 3. The van der Waals surface area contributed by atoms with Gasteiger partial charge in [0.25, 0.3) is 5.91 Å². The van der Waals surface area contributed by atoms with E-state index in [9.17, 15) is 27.6 Å². The summed E-state index contributed by atoms with van der Waals surface area (Å²) in [6, 6.07) is 12.9. The quantitative estimate of drug-likeness (QED) is 0.598. The van der Waals surface area contributed by atoms with Crippen LogP contribution in [0.4, 0.5) is 18.0 Å². The Balaban J connectivity index is 1.70. The molecule has 0 saturated carbocycles. The highest BCUT2D eigenvalue weighted by Crippen LogP contribution is 2.16. The van der Waals surface area contributed by atoms with Crippen molar-refractivity contribution in [2.24, 2.45) is 0 Å². The molecule has 0 unspecified atom stereocenters. The molecule has 182 valence electrons. The van der Waals surface area contributed by atoms with Crippen LogP contribution in [0, 0.1) is 5.82 Å². The number of nitrogens with zero attached hydrogens (tertiary/aromatic N) is 2. The second-order valence-electron chi connectivity index (χ2n) is 7.59. The fourth-order valence-corrected chi connectivity index (χ4v) is 3.37. The van der Waals surface area contributed by atoms with Gasteiger partial charge in [0.15, 0.2) is 0 Å². The Morgan fingerprint density at radius 1 is 1.03 bits per heavy atom. The Hall–Kier alpha value is -3.60. The zero-order valence-electron chi connectivity index (χ0n) is 18.3. The van der Waals surface area contributed by atoms with Gasteiger partial charge in [-0.3, -0.25) is 20.4 Å². The normalized spacial score (nSPS) is 13.5. The summed E-state index contributed by atoms with van der Waals surface area (Å²) < 4.78 is 44.6. The largest absolute Gasteiger partial charge is 0.378 e. The number of amides is 4. The average Bonchev–Trinajstić information content (AvgIpc) is 2.86. The molecule has 0 aromatic heterocycles. The first-order chi connectivity index (χ1) is 16.3. The number of hydrogen-bond donors (Lipinski definition) is 2. The van der Waals surface area contributed by atoms with Crippen LogP contribution < -0.4 is 10.9 Å². The van der Waals surface area contributed by atoms with Crippen molar-refractivity contribution in [2.75, 3.05) is 32.8 Å². The second-order valence-corrected chi connectivity index (χ2v) is 7.59. The number of alkyl halides is 2. The van der Waals surface area contributed by atoms with Crippen molar-refractivity contribution in [3.05, 3.63) is 71.0 Å². The Bertz CT molecular complexity index is 1000. The number of nitrogens with one attached hydrogen (secondary N) is 2. The van der Waals surface area contributed by atoms with Crippen molar-refractivity contribution >= 4 is 17.8 Å². The van der Waals surface area contributed by atoms with E-state index in [1.54, 1.807) is 20.7 Å². The summed E-state index contributed by atoms with van der Waals surface area (Å²) in [5, 5.41) is 0. The molecule has 8 nitrogen and oxygen atoms in total. The minimum absolute atomic E-state index is 0.0289. The van der Waals surface area contributed by atoms with Gasteiger partial charge in [0.1, 0.15) is 5.82 Å². The maximum atomic E-state index is 14.8. The highest BCUT2D eigenvalue weighted by molar-refractivity contribution is 5.95. The first kappa shape index (κ1) is 25.0. The van der Waals surface area contributed by atoms with Crippen LogP contribution in [0.3, 0.4) is 0 Å². The van der Waals surface area contributed by atoms with Crippen molar-refractivity contribution in [1.29, 1.82) is 0 Å². The number of rotatable bonds is 7. The molecular formula is C23H25F3N4O4. The molecule has 0 spiro atoms. The van der Waals surface area contributed by atoms with Gasteiger partial charge in [0.2, 0.25) is 0 Å². The zero-order valence-corrected chi connectivity index (χ0v) is 18.3. The van der Waals surface area contributed by atoms with Gasteiger partial charge in [0, 0.05) is 30.8 Å². The molecule has 0 aliphatic carbocycles. The van der Waals surface area contributed by atoms with Crippen LogP contribution in [-0.4, -0.2) is 66.9 Å². The number of hydrogen-bond acceptors (Lipinski definition) is 4. The van der Waals surface area contributed by atoms with Crippen molar-refractivity contribution in [2.45, 2.75) is 19.4 Å². The van der Waals surface area contributed by atoms with Gasteiger partial charge in [-0.25, -0.2) is 9.18 Å². The van der Waals surface area contributed by atoms with E-state index < -0.39 is 24.1 Å². The molecule has 3 rings (SSSR count). The van der Waals surface area contributed by atoms with E-state index in [1.165, 1.54) is 12.1 Å². The zero-order chi connectivity index (χ0) is 24.5. The number of urea groups is 1. The fraction of sp³-hybridized carbons (Fsp3) is 0.348. The molecular weight excluding hydrogens is 453 g/mol. The van der Waals surface area contributed by atoms with Crippen LogP contribution in [0.15, 0.2) is 48.5 Å². The van der Waals surface area contributed by atoms with Crippen molar-refractivity contribution < 1.29 is 32.3 Å². The summed E-state index contributed by atoms with van der Waals surface area (Å²) in [5.41, 5.74) is 4.39. The number of hydrazine groups is 1. The lowest BCUT2D eigenvalue weighted by Crippen LogP contribution is -2.48. The molecule has 2 N–H and O–H groups in total. The summed E-state index contributed by atoms with van der Waals surface area (Å²) in [7, 11) is 0. The standard InChI is InChI=1S/C23H25F3N4O4/c24-19-14-17(21(31)27-28-22(32)20(25)26)6-7-18(19)15-30(9-8-16-4-2-1-3-5-16)23(33)29-10-12-34-13-11-29/h1-7,14,20H,8-13,15H2,(H,27,31)(H,28,32). The third kappa shape index (κ3) is 6.95. The number of morpholine rings is 1. The highest BCUT2D eigenvalue weighted by Gasteiger charge is 2.24. The Morgan fingerprint density at radius 2 is 1.74 bits per heavy atom. The first-order valence-corrected chi connectivity index (χ1v) is 10.7. The summed E-state index contributed by atoms with van der Waals surface area (Å²) in [4.78, 5) is 39.2. The van der Waals surface area contributed by atoms with Crippen LogP contribution in [0.5, 0.6) is 0 Å². The lowest BCUT2D eigenvalue weighted by atomic mass is 10.1. The van der Waals surface area contributed by atoms with Crippen LogP contribution in [0.25, 0.3) is 0 Å². The highest BCUT2D eigenvalue weighted by atomic mass is 19.3. The summed E-state index contributed by atoms with van der Waals surface area (Å²) in [6.45, 7) is 2.05. The minimum atomic E-state index is -3.30. The van der Waals surface area contributed by atoms with Gasteiger partial charge in [0.05, 0.1) is 19.8 Å². The molecule has 0 atom stereocenters. The first-order valence-electron chi connectivity index (χ1n) is 10.7. The molecule has 2 aromatic carbocycles. The van der Waals surface area contributed by atoms with E-state index >= 15 is 0 Å². The van der Waals surface area contributed by atoms with E-state index in [-0.39, 0.29) is 23.7 Å². The molecule has 4 amide bonds. The molecule has 0 radical (unpaired) electrons. The molecule has 1 aliphatic rings. The number of halogens is 3. The Kier molecular flexibility index (Phi) is 8.86. The average molecular weight is 478 g/mol. The van der Waals surface area contributed by atoms with Crippen molar-refractivity contribution in [3.8, 4) is 0 Å². The van der Waals surface area contributed by atoms with Crippen LogP contribution in [0.1, 0.15) is 21.5 Å². The molecule has 0 bridgehead atoms. The lowest BCUT2D eigenvalue weighted by molar-refractivity contribution is -0.132. The molecule has 1 saturated heterocycles. The Labute approximate surface area is 194 Å². The van der Waals surface area contributed by atoms with Crippen molar-refractivity contribution in [3.63, 3.8) is 0 Å². The monoisotopic (exact) mass is 478 g/mol. The van der Waals surface area contributed by atoms with Crippen LogP contribution in [0.2, 0.25) is 0 Å². The topological polar surface area (TPSA) is 91.0 Å². The van der Waals surface area contributed by atoms with E-state index in [4.69, 9.17) is 4.74 Å².